The zero-order valence-corrected chi connectivity index (χ0v) is 12.7. The van der Waals surface area contributed by atoms with Gasteiger partial charge in [0.05, 0.1) is 0 Å². The summed E-state index contributed by atoms with van der Waals surface area (Å²) >= 11 is 7.76. The molecule has 0 saturated heterocycles. The Morgan fingerprint density at radius 1 is 1.41 bits per heavy atom. The highest BCUT2D eigenvalue weighted by Gasteiger charge is 2.14. The minimum absolute atomic E-state index is 0.590. The molecule has 1 atom stereocenters. The third-order valence-corrected chi connectivity index (χ3v) is 4.20. The van der Waals surface area contributed by atoms with Crippen molar-refractivity contribution in [1.82, 2.24) is 0 Å². The molecule has 0 aliphatic rings. The third kappa shape index (κ3) is 3.82. The molecule has 3 heteroatoms. The van der Waals surface area contributed by atoms with Crippen LogP contribution in [0.25, 0.3) is 0 Å². The maximum Gasteiger partial charge on any atom is 0.0474 e. The second-order valence-electron chi connectivity index (χ2n) is 4.38. The fourth-order valence-corrected chi connectivity index (χ4v) is 3.10. The lowest BCUT2D eigenvalue weighted by Crippen LogP contribution is -2.33. The van der Waals surface area contributed by atoms with Crippen molar-refractivity contribution in [1.29, 1.82) is 0 Å². The molecule has 1 nitrogen and oxygen atoms in total. The molecule has 1 aromatic carbocycles. The second-order valence-corrected chi connectivity index (χ2v) is 5.56. The Balaban J connectivity index is 2.90. The van der Waals surface area contributed by atoms with Crippen LogP contribution in [0.1, 0.15) is 24.5 Å². The summed E-state index contributed by atoms with van der Waals surface area (Å²) in [5.74, 6) is 1.76. The molecule has 17 heavy (non-hydrogen) atoms. The summed E-state index contributed by atoms with van der Waals surface area (Å²) in [5.41, 5.74) is 3.82. The fourth-order valence-electron chi connectivity index (χ4n) is 2.09. The van der Waals surface area contributed by atoms with Crippen LogP contribution in [0.3, 0.4) is 0 Å². The van der Waals surface area contributed by atoms with Gasteiger partial charge in [-0.25, -0.2) is 0 Å². The molecule has 96 valence electrons. The Labute approximate surface area is 115 Å². The number of alkyl halides is 1. The smallest absolute Gasteiger partial charge is 0.0474 e. The van der Waals surface area contributed by atoms with Crippen molar-refractivity contribution in [2.45, 2.75) is 32.2 Å². The van der Waals surface area contributed by atoms with E-state index in [2.05, 4.69) is 50.2 Å². The number of halogens is 1. The molecule has 0 bridgehead atoms. The molecule has 1 rings (SSSR count). The van der Waals surface area contributed by atoms with E-state index in [-0.39, 0.29) is 0 Å². The zero-order valence-electron chi connectivity index (χ0n) is 11.2. The van der Waals surface area contributed by atoms with Gasteiger partial charge in [0.1, 0.15) is 0 Å². The molecular formula is C14H22ClNS. The summed E-state index contributed by atoms with van der Waals surface area (Å²) < 4.78 is 0. The topological polar surface area (TPSA) is 3.24 Å². The van der Waals surface area contributed by atoms with Gasteiger partial charge in [-0.15, -0.1) is 11.6 Å². The van der Waals surface area contributed by atoms with E-state index in [4.69, 9.17) is 11.6 Å². The van der Waals surface area contributed by atoms with Crippen molar-refractivity contribution < 1.29 is 0 Å². The largest absolute Gasteiger partial charge is 0.371 e. The van der Waals surface area contributed by atoms with Gasteiger partial charge in [-0.1, -0.05) is 19.1 Å². The van der Waals surface area contributed by atoms with Gasteiger partial charge in [-0.3, -0.25) is 0 Å². The summed E-state index contributed by atoms with van der Waals surface area (Å²) in [4.78, 5) is 2.39. The normalized spacial score (nSPS) is 12.5. The van der Waals surface area contributed by atoms with Gasteiger partial charge >= 0.3 is 0 Å². The van der Waals surface area contributed by atoms with E-state index in [0.29, 0.717) is 11.9 Å². The Morgan fingerprint density at radius 3 is 2.59 bits per heavy atom. The van der Waals surface area contributed by atoms with Gasteiger partial charge in [0.2, 0.25) is 0 Å². The molecular weight excluding hydrogens is 250 g/mol. The number of nitrogens with zero attached hydrogens (tertiary/aromatic N) is 1. The Morgan fingerprint density at radius 2 is 2.12 bits per heavy atom. The molecule has 0 aliphatic heterocycles. The maximum atomic E-state index is 5.85. The molecule has 1 aromatic rings. The second kappa shape index (κ2) is 7.17. The van der Waals surface area contributed by atoms with Gasteiger partial charge in [0.15, 0.2) is 0 Å². The average Bonchev–Trinajstić information content (AvgIpc) is 2.35. The monoisotopic (exact) mass is 271 g/mol. The minimum Gasteiger partial charge on any atom is -0.371 e. The number of hydrogen-bond donors (Lipinski definition) is 0. The lowest BCUT2D eigenvalue weighted by Gasteiger charge is -2.30. The highest BCUT2D eigenvalue weighted by atomic mass is 35.5. The first-order chi connectivity index (χ1) is 8.13. The molecule has 0 saturated carbocycles. The van der Waals surface area contributed by atoms with Crippen LogP contribution in [0.4, 0.5) is 5.69 Å². The van der Waals surface area contributed by atoms with E-state index in [1.807, 2.05) is 11.8 Å². The summed E-state index contributed by atoms with van der Waals surface area (Å²) in [6, 6.07) is 7.10. The summed E-state index contributed by atoms with van der Waals surface area (Å²) in [6.07, 6.45) is 3.34. The van der Waals surface area contributed by atoms with E-state index in [1.54, 1.807) is 0 Å². The van der Waals surface area contributed by atoms with E-state index in [1.165, 1.54) is 29.0 Å². The third-order valence-electron chi connectivity index (χ3n) is 3.17. The lowest BCUT2D eigenvalue weighted by atomic mass is 10.1. The first-order valence-electron chi connectivity index (χ1n) is 6.01. The summed E-state index contributed by atoms with van der Waals surface area (Å²) in [5, 5.41) is 0. The van der Waals surface area contributed by atoms with Gasteiger partial charge in [-0.05, 0) is 36.8 Å². The number of hydrogen-bond acceptors (Lipinski definition) is 2. The van der Waals surface area contributed by atoms with Crippen LogP contribution in [0.15, 0.2) is 18.2 Å². The first-order valence-corrected chi connectivity index (χ1v) is 7.94. The molecule has 0 aliphatic carbocycles. The van der Waals surface area contributed by atoms with Crippen molar-refractivity contribution in [3.8, 4) is 0 Å². The number of anilines is 1. The van der Waals surface area contributed by atoms with Crippen LogP contribution in [-0.4, -0.2) is 25.1 Å². The van der Waals surface area contributed by atoms with E-state index in [9.17, 15) is 0 Å². The van der Waals surface area contributed by atoms with Crippen molar-refractivity contribution >= 4 is 29.1 Å². The molecule has 0 fully saturated rings. The predicted octanol–water partition coefficient (Wildman–Crippen LogP) is 4.31. The van der Waals surface area contributed by atoms with Gasteiger partial charge in [0.25, 0.3) is 0 Å². The quantitative estimate of drug-likeness (QED) is 0.709. The highest BCUT2D eigenvalue weighted by molar-refractivity contribution is 7.98. The number of benzene rings is 1. The van der Waals surface area contributed by atoms with Crippen molar-refractivity contribution in [3.05, 3.63) is 29.3 Å². The average molecular weight is 272 g/mol. The van der Waals surface area contributed by atoms with Crippen LogP contribution in [-0.2, 0) is 5.88 Å². The number of rotatable bonds is 6. The van der Waals surface area contributed by atoms with Gasteiger partial charge in [0, 0.05) is 30.4 Å². The summed E-state index contributed by atoms with van der Waals surface area (Å²) in [7, 11) is 2.19. The van der Waals surface area contributed by atoms with Crippen LogP contribution < -0.4 is 4.90 Å². The molecule has 0 radical (unpaired) electrons. The van der Waals surface area contributed by atoms with E-state index in [0.717, 1.165) is 0 Å². The van der Waals surface area contributed by atoms with E-state index < -0.39 is 0 Å². The minimum atomic E-state index is 0.590. The van der Waals surface area contributed by atoms with Crippen molar-refractivity contribution in [3.63, 3.8) is 0 Å². The zero-order chi connectivity index (χ0) is 12.8. The highest BCUT2D eigenvalue weighted by Crippen LogP contribution is 2.24. The molecule has 0 heterocycles. The maximum absolute atomic E-state index is 5.85. The van der Waals surface area contributed by atoms with Crippen LogP contribution in [0.2, 0.25) is 0 Å². The predicted molar refractivity (Wildman–Crippen MR) is 81.6 cm³/mol. The molecule has 0 aromatic heterocycles. The summed E-state index contributed by atoms with van der Waals surface area (Å²) in [6.45, 7) is 4.41. The standard InChI is InChI=1S/C14H22ClNS/c1-5-13(10-17-4)16(3)14-7-6-12(9-15)8-11(14)2/h6-8,13H,5,9-10H2,1-4H3. The number of thioether (sulfide) groups is 1. The van der Waals surface area contributed by atoms with Crippen LogP contribution in [0.5, 0.6) is 0 Å². The Kier molecular flexibility index (Phi) is 6.21. The van der Waals surface area contributed by atoms with Crippen molar-refractivity contribution in [2.24, 2.45) is 0 Å². The van der Waals surface area contributed by atoms with Crippen LogP contribution in [0, 0.1) is 6.92 Å². The van der Waals surface area contributed by atoms with E-state index >= 15 is 0 Å². The molecule has 0 amide bonds. The first kappa shape index (κ1) is 14.7. The Bertz CT molecular complexity index is 354. The lowest BCUT2D eigenvalue weighted by molar-refractivity contribution is 0.672. The van der Waals surface area contributed by atoms with Crippen LogP contribution >= 0.6 is 23.4 Å². The molecule has 1 unspecified atom stereocenters. The van der Waals surface area contributed by atoms with Gasteiger partial charge in [-0.2, -0.15) is 11.8 Å². The fraction of sp³-hybridized carbons (Fsp3) is 0.571. The van der Waals surface area contributed by atoms with Gasteiger partial charge < -0.3 is 4.90 Å². The Hall–Kier alpha value is -0.340. The number of aryl methyl sites for hydroxylation is 1. The molecule has 0 N–H and O–H groups in total. The molecule has 0 spiro atoms. The SMILES string of the molecule is CCC(CSC)N(C)c1ccc(CCl)cc1C. The van der Waals surface area contributed by atoms with Crippen molar-refractivity contribution in [2.75, 3.05) is 24.0 Å².